The van der Waals surface area contributed by atoms with Gasteiger partial charge in [0.15, 0.2) is 0 Å². The van der Waals surface area contributed by atoms with Crippen molar-refractivity contribution in [3.05, 3.63) is 65.4 Å². The van der Waals surface area contributed by atoms with Gasteiger partial charge in [0.25, 0.3) is 0 Å². The van der Waals surface area contributed by atoms with Crippen molar-refractivity contribution in [1.29, 1.82) is 0 Å². The van der Waals surface area contributed by atoms with Gasteiger partial charge in [-0.2, -0.15) is 4.98 Å². The summed E-state index contributed by atoms with van der Waals surface area (Å²) in [5, 5.41) is 6.46. The lowest BCUT2D eigenvalue weighted by atomic mass is 10.2. The van der Waals surface area contributed by atoms with Gasteiger partial charge in [0, 0.05) is 17.4 Å². The van der Waals surface area contributed by atoms with E-state index in [0.717, 1.165) is 22.6 Å². The highest BCUT2D eigenvalue weighted by Crippen LogP contribution is 2.28. The van der Waals surface area contributed by atoms with Crippen LogP contribution in [0.5, 0.6) is 5.75 Å². The first-order chi connectivity index (χ1) is 14.0. The number of methoxy groups -OCH3 is 1. The average molecular weight is 392 g/mol. The molecule has 7 nitrogen and oxygen atoms in total. The Kier molecular flexibility index (Phi) is 6.29. The molecule has 29 heavy (non-hydrogen) atoms. The summed E-state index contributed by atoms with van der Waals surface area (Å²) in [7, 11) is 1.62. The maximum atomic E-state index is 11.8. The summed E-state index contributed by atoms with van der Waals surface area (Å²) in [6.45, 7) is 6.04. The highest BCUT2D eigenvalue weighted by Gasteiger charge is 2.09. The van der Waals surface area contributed by atoms with E-state index in [1.165, 1.54) is 0 Å². The van der Waals surface area contributed by atoms with Crippen LogP contribution in [0.4, 0.5) is 23.1 Å². The van der Waals surface area contributed by atoms with Gasteiger partial charge in [0.1, 0.15) is 11.6 Å². The molecule has 2 N–H and O–H groups in total. The molecule has 7 heteroatoms. The number of carbonyl (C=O) groups excluding carboxylic acids is 1. The maximum absolute atomic E-state index is 11.8. The van der Waals surface area contributed by atoms with Crippen LogP contribution in [0.2, 0.25) is 0 Å². The van der Waals surface area contributed by atoms with Crippen molar-refractivity contribution >= 4 is 29.1 Å². The second-order valence-corrected chi connectivity index (χ2v) is 6.47. The highest BCUT2D eigenvalue weighted by atomic mass is 16.5. The number of nitrogens with zero attached hydrogens (tertiary/aromatic N) is 2. The lowest BCUT2D eigenvalue weighted by Crippen LogP contribution is -2.05. The summed E-state index contributed by atoms with van der Waals surface area (Å²) >= 11 is 0. The van der Waals surface area contributed by atoms with Crippen LogP contribution in [-0.4, -0.2) is 29.7 Å². The van der Waals surface area contributed by atoms with Crippen LogP contribution in [-0.2, 0) is 4.74 Å². The van der Waals surface area contributed by atoms with E-state index in [4.69, 9.17) is 9.47 Å². The van der Waals surface area contributed by atoms with Crippen molar-refractivity contribution in [2.75, 3.05) is 24.4 Å². The van der Waals surface area contributed by atoms with Gasteiger partial charge in [-0.3, -0.25) is 0 Å². The molecule has 0 amide bonds. The largest absolute Gasteiger partial charge is 0.495 e. The molecular formula is C22H24N4O3. The van der Waals surface area contributed by atoms with E-state index in [1.54, 1.807) is 38.3 Å². The molecule has 2 aromatic carbocycles. The fourth-order valence-electron chi connectivity index (χ4n) is 2.78. The molecule has 0 spiro atoms. The molecule has 1 aromatic heterocycles. The Labute approximate surface area is 170 Å². The number of hydrogen-bond acceptors (Lipinski definition) is 7. The summed E-state index contributed by atoms with van der Waals surface area (Å²) in [5.74, 6) is 1.47. The van der Waals surface area contributed by atoms with E-state index in [1.807, 2.05) is 38.1 Å². The van der Waals surface area contributed by atoms with Gasteiger partial charge in [0.2, 0.25) is 5.95 Å². The first-order valence-corrected chi connectivity index (χ1v) is 9.30. The third-order valence-corrected chi connectivity index (χ3v) is 4.12. The van der Waals surface area contributed by atoms with Crippen LogP contribution in [0.1, 0.15) is 28.5 Å². The Morgan fingerprint density at radius 3 is 2.45 bits per heavy atom. The second kappa shape index (κ2) is 9.05. The van der Waals surface area contributed by atoms with Crippen molar-refractivity contribution in [3.63, 3.8) is 0 Å². The topological polar surface area (TPSA) is 85.4 Å². The summed E-state index contributed by atoms with van der Waals surface area (Å²) in [5.41, 5.74) is 4.00. The smallest absolute Gasteiger partial charge is 0.338 e. The Balaban J connectivity index is 1.79. The van der Waals surface area contributed by atoms with Crippen LogP contribution in [0, 0.1) is 13.8 Å². The number of esters is 1. The lowest BCUT2D eigenvalue weighted by molar-refractivity contribution is 0.0526. The zero-order valence-electron chi connectivity index (χ0n) is 16.9. The first kappa shape index (κ1) is 20.1. The van der Waals surface area contributed by atoms with E-state index in [0.29, 0.717) is 29.7 Å². The fourth-order valence-corrected chi connectivity index (χ4v) is 2.78. The summed E-state index contributed by atoms with van der Waals surface area (Å²) in [4.78, 5) is 20.8. The van der Waals surface area contributed by atoms with E-state index in [9.17, 15) is 4.79 Å². The Morgan fingerprint density at radius 2 is 1.76 bits per heavy atom. The number of hydrogen-bond donors (Lipinski definition) is 2. The number of anilines is 4. The van der Waals surface area contributed by atoms with Gasteiger partial charge in [-0.1, -0.05) is 6.07 Å². The number of ether oxygens (including phenoxy) is 2. The van der Waals surface area contributed by atoms with Gasteiger partial charge in [-0.15, -0.1) is 0 Å². The van der Waals surface area contributed by atoms with Crippen LogP contribution in [0.15, 0.2) is 48.5 Å². The molecule has 150 valence electrons. The molecule has 0 fully saturated rings. The van der Waals surface area contributed by atoms with E-state index in [-0.39, 0.29) is 5.97 Å². The van der Waals surface area contributed by atoms with E-state index < -0.39 is 0 Å². The van der Waals surface area contributed by atoms with Crippen molar-refractivity contribution in [2.45, 2.75) is 20.8 Å². The molecule has 0 atom stereocenters. The number of nitrogens with one attached hydrogen (secondary N) is 2. The Bertz CT molecular complexity index is 1000. The number of aryl methyl sites for hydroxylation is 2. The van der Waals surface area contributed by atoms with Gasteiger partial charge >= 0.3 is 5.97 Å². The minimum Gasteiger partial charge on any atom is -0.495 e. The van der Waals surface area contributed by atoms with Crippen LogP contribution in [0.25, 0.3) is 0 Å². The summed E-state index contributed by atoms with van der Waals surface area (Å²) in [6, 6.07) is 14.7. The first-order valence-electron chi connectivity index (χ1n) is 9.30. The Hall–Kier alpha value is -3.61. The molecule has 0 unspecified atom stereocenters. The predicted molar refractivity (Wildman–Crippen MR) is 113 cm³/mol. The Morgan fingerprint density at radius 1 is 1.00 bits per heavy atom. The quantitative estimate of drug-likeness (QED) is 0.560. The van der Waals surface area contributed by atoms with Crippen molar-refractivity contribution < 1.29 is 14.3 Å². The van der Waals surface area contributed by atoms with Crippen LogP contribution < -0.4 is 15.4 Å². The van der Waals surface area contributed by atoms with Gasteiger partial charge in [-0.25, -0.2) is 9.78 Å². The lowest BCUT2D eigenvalue weighted by Gasteiger charge is -2.13. The van der Waals surface area contributed by atoms with Crippen molar-refractivity contribution in [3.8, 4) is 5.75 Å². The second-order valence-electron chi connectivity index (χ2n) is 6.47. The number of aromatic nitrogens is 2. The zero-order chi connectivity index (χ0) is 20.8. The predicted octanol–water partition coefficient (Wildman–Crippen LogP) is 4.77. The molecule has 0 radical (unpaired) electrons. The maximum Gasteiger partial charge on any atom is 0.338 e. The number of rotatable bonds is 7. The van der Waals surface area contributed by atoms with Crippen molar-refractivity contribution in [2.24, 2.45) is 0 Å². The van der Waals surface area contributed by atoms with Crippen LogP contribution in [0.3, 0.4) is 0 Å². The summed E-state index contributed by atoms with van der Waals surface area (Å²) < 4.78 is 10.4. The van der Waals surface area contributed by atoms with Gasteiger partial charge in [-0.05, 0) is 62.7 Å². The fraction of sp³-hybridized carbons (Fsp3) is 0.227. The van der Waals surface area contributed by atoms with Crippen LogP contribution >= 0.6 is 0 Å². The SMILES string of the molecule is CCOC(=O)c1ccc(Nc2cc(C)nc(Nc3cc(C)ccc3OC)n2)cc1. The average Bonchev–Trinajstić information content (AvgIpc) is 2.68. The zero-order valence-corrected chi connectivity index (χ0v) is 16.9. The molecule has 0 aliphatic heterocycles. The third kappa shape index (κ3) is 5.22. The van der Waals surface area contributed by atoms with Gasteiger partial charge in [0.05, 0.1) is 25.0 Å². The van der Waals surface area contributed by atoms with Gasteiger partial charge < -0.3 is 20.1 Å². The van der Waals surface area contributed by atoms with E-state index in [2.05, 4.69) is 20.6 Å². The minimum atomic E-state index is -0.337. The van der Waals surface area contributed by atoms with Crippen molar-refractivity contribution in [1.82, 2.24) is 9.97 Å². The molecule has 0 saturated heterocycles. The molecule has 0 saturated carbocycles. The standard InChI is InChI=1S/C22H24N4O3/c1-5-29-21(27)16-7-9-17(10-8-16)24-20-13-15(3)23-22(26-20)25-18-12-14(2)6-11-19(18)28-4/h6-13H,5H2,1-4H3,(H2,23,24,25,26). The number of benzene rings is 2. The van der Waals surface area contributed by atoms with E-state index >= 15 is 0 Å². The number of carbonyl (C=O) groups is 1. The molecular weight excluding hydrogens is 368 g/mol. The molecule has 3 rings (SSSR count). The molecule has 0 aliphatic rings. The third-order valence-electron chi connectivity index (χ3n) is 4.12. The summed E-state index contributed by atoms with van der Waals surface area (Å²) in [6.07, 6.45) is 0. The minimum absolute atomic E-state index is 0.337. The monoisotopic (exact) mass is 392 g/mol. The molecule has 0 aliphatic carbocycles. The highest BCUT2D eigenvalue weighted by molar-refractivity contribution is 5.89. The molecule has 0 bridgehead atoms. The molecule has 1 heterocycles. The molecule has 3 aromatic rings. The normalized spacial score (nSPS) is 10.3.